The second-order valence-corrected chi connectivity index (χ2v) is 5.78. The van der Waals surface area contributed by atoms with Gasteiger partial charge in [-0.3, -0.25) is 4.99 Å². The highest BCUT2D eigenvalue weighted by molar-refractivity contribution is 7.09. The monoisotopic (exact) mass is 342 g/mol. The molecule has 124 valence electrons. The summed E-state index contributed by atoms with van der Waals surface area (Å²) >= 11 is 1.54. The van der Waals surface area contributed by atoms with Crippen molar-refractivity contribution in [2.24, 2.45) is 4.99 Å². The molecule has 0 saturated carbocycles. The molecule has 0 radical (unpaired) electrons. The number of aromatic nitrogens is 1. The molecule has 0 aliphatic carbocycles. The molecule has 0 unspecified atom stereocenters. The molecule has 2 N–H and O–H groups in total. The van der Waals surface area contributed by atoms with Crippen LogP contribution in [0.5, 0.6) is 0 Å². The van der Waals surface area contributed by atoms with Crippen molar-refractivity contribution in [3.05, 3.63) is 51.5 Å². The molecule has 2 rings (SSSR count). The Kier molecular flexibility index (Phi) is 5.59. The van der Waals surface area contributed by atoms with Gasteiger partial charge in [-0.2, -0.15) is 13.2 Å². The zero-order valence-corrected chi connectivity index (χ0v) is 13.6. The highest BCUT2D eigenvalue weighted by Crippen LogP contribution is 2.29. The van der Waals surface area contributed by atoms with Gasteiger partial charge in [-0.25, -0.2) is 4.98 Å². The van der Waals surface area contributed by atoms with Crippen molar-refractivity contribution >= 4 is 17.3 Å². The minimum absolute atomic E-state index is 0.255. The molecule has 0 aliphatic rings. The summed E-state index contributed by atoms with van der Waals surface area (Å²) < 4.78 is 38.1. The summed E-state index contributed by atoms with van der Waals surface area (Å²) in [5.41, 5.74) is 2.61. The normalized spacial score (nSPS) is 12.3. The predicted molar refractivity (Wildman–Crippen MR) is 85.3 cm³/mol. The van der Waals surface area contributed by atoms with Crippen LogP contribution in [-0.4, -0.2) is 18.0 Å². The molecule has 4 nitrogen and oxygen atoms in total. The number of alkyl halides is 3. The summed E-state index contributed by atoms with van der Waals surface area (Å²) in [7, 11) is 1.61. The van der Waals surface area contributed by atoms with Gasteiger partial charge in [0.25, 0.3) is 0 Å². The van der Waals surface area contributed by atoms with Crippen LogP contribution >= 0.6 is 11.3 Å². The highest BCUT2D eigenvalue weighted by atomic mass is 32.1. The molecule has 0 saturated heterocycles. The third-order valence-corrected chi connectivity index (χ3v) is 4.13. The fraction of sp³-hybridized carbons (Fsp3) is 0.333. The third kappa shape index (κ3) is 4.95. The number of benzene rings is 1. The van der Waals surface area contributed by atoms with Crippen molar-refractivity contribution < 1.29 is 13.2 Å². The number of hydrogen-bond acceptors (Lipinski definition) is 3. The van der Waals surface area contributed by atoms with Crippen molar-refractivity contribution in [3.63, 3.8) is 0 Å². The number of guanidine groups is 1. The van der Waals surface area contributed by atoms with Crippen LogP contribution in [0.2, 0.25) is 0 Å². The maximum Gasteiger partial charge on any atom is 0.416 e. The maximum atomic E-state index is 12.7. The van der Waals surface area contributed by atoms with Crippen molar-refractivity contribution in [1.82, 2.24) is 15.6 Å². The number of aliphatic imine (C=N–C) groups is 1. The first-order valence-corrected chi connectivity index (χ1v) is 7.77. The zero-order chi connectivity index (χ0) is 16.9. The molecule has 8 heteroatoms. The van der Waals surface area contributed by atoms with E-state index in [1.807, 2.05) is 6.92 Å². The van der Waals surface area contributed by atoms with Crippen LogP contribution in [0.3, 0.4) is 0 Å². The molecule has 0 fully saturated rings. The Morgan fingerprint density at radius 1 is 1.26 bits per heavy atom. The standard InChI is InChI=1S/C15H17F3N4S/c1-10-13(23-9-22-10)8-21-14(19-2)20-7-11-4-3-5-12(6-11)15(16,17)18/h3-6,9H,7-8H2,1-2H3,(H2,19,20,21). The highest BCUT2D eigenvalue weighted by Gasteiger charge is 2.30. The molecule has 0 aliphatic heterocycles. The molecular weight excluding hydrogens is 325 g/mol. The van der Waals surface area contributed by atoms with Gasteiger partial charge in [-0.05, 0) is 24.6 Å². The Morgan fingerprint density at radius 2 is 2.00 bits per heavy atom. The lowest BCUT2D eigenvalue weighted by molar-refractivity contribution is -0.137. The summed E-state index contributed by atoms with van der Waals surface area (Å²) in [6, 6.07) is 5.23. The van der Waals surface area contributed by atoms with Gasteiger partial charge in [0.15, 0.2) is 5.96 Å². The molecule has 1 heterocycles. The SMILES string of the molecule is CN=C(NCc1cccc(C(F)(F)F)c1)NCc1scnc1C. The average Bonchev–Trinajstić information content (AvgIpc) is 2.92. The van der Waals surface area contributed by atoms with E-state index in [1.165, 1.54) is 17.4 Å². The van der Waals surface area contributed by atoms with Crippen molar-refractivity contribution in [2.75, 3.05) is 7.05 Å². The minimum Gasteiger partial charge on any atom is -0.352 e. The largest absolute Gasteiger partial charge is 0.416 e. The molecule has 23 heavy (non-hydrogen) atoms. The fourth-order valence-electron chi connectivity index (χ4n) is 1.92. The molecule has 0 amide bonds. The Hall–Kier alpha value is -2.09. The van der Waals surface area contributed by atoms with Gasteiger partial charge >= 0.3 is 6.18 Å². The quantitative estimate of drug-likeness (QED) is 0.662. The van der Waals surface area contributed by atoms with Gasteiger partial charge in [-0.15, -0.1) is 11.3 Å². The number of halogens is 3. The van der Waals surface area contributed by atoms with E-state index >= 15 is 0 Å². The first kappa shape index (κ1) is 17.3. The van der Waals surface area contributed by atoms with E-state index in [-0.39, 0.29) is 6.54 Å². The molecule has 2 aromatic rings. The van der Waals surface area contributed by atoms with Crippen LogP contribution in [0, 0.1) is 6.92 Å². The summed E-state index contributed by atoms with van der Waals surface area (Å²) in [6.07, 6.45) is -4.33. The molecule has 0 spiro atoms. The first-order valence-electron chi connectivity index (χ1n) is 6.89. The van der Waals surface area contributed by atoms with E-state index < -0.39 is 11.7 Å². The Balaban J connectivity index is 1.92. The van der Waals surface area contributed by atoms with Crippen LogP contribution in [0.4, 0.5) is 13.2 Å². The summed E-state index contributed by atoms with van der Waals surface area (Å²) in [6.45, 7) is 2.75. The Labute approximate surface area is 136 Å². The lowest BCUT2D eigenvalue weighted by atomic mass is 10.1. The van der Waals surface area contributed by atoms with Gasteiger partial charge in [0.2, 0.25) is 0 Å². The van der Waals surface area contributed by atoms with Gasteiger partial charge in [0.1, 0.15) is 0 Å². The topological polar surface area (TPSA) is 49.3 Å². The van der Waals surface area contributed by atoms with E-state index in [1.54, 1.807) is 18.6 Å². The predicted octanol–water partition coefficient (Wildman–Crippen LogP) is 3.34. The van der Waals surface area contributed by atoms with Gasteiger partial charge < -0.3 is 10.6 Å². The van der Waals surface area contributed by atoms with E-state index in [9.17, 15) is 13.2 Å². The summed E-state index contributed by atoms with van der Waals surface area (Å²) in [5, 5.41) is 6.12. The molecule has 0 bridgehead atoms. The number of nitrogens with one attached hydrogen (secondary N) is 2. The van der Waals surface area contributed by atoms with E-state index in [4.69, 9.17) is 0 Å². The minimum atomic E-state index is -4.33. The van der Waals surface area contributed by atoms with Gasteiger partial charge in [0, 0.05) is 18.5 Å². The van der Waals surface area contributed by atoms with Crippen LogP contribution < -0.4 is 10.6 Å². The van der Waals surface area contributed by atoms with Crippen molar-refractivity contribution in [1.29, 1.82) is 0 Å². The first-order chi connectivity index (χ1) is 10.9. The van der Waals surface area contributed by atoms with Crippen molar-refractivity contribution in [3.8, 4) is 0 Å². The van der Waals surface area contributed by atoms with Crippen LogP contribution in [-0.2, 0) is 19.3 Å². The van der Waals surface area contributed by atoms with E-state index in [0.717, 1.165) is 22.7 Å². The van der Waals surface area contributed by atoms with Crippen LogP contribution in [0.25, 0.3) is 0 Å². The van der Waals surface area contributed by atoms with Crippen LogP contribution in [0.15, 0.2) is 34.8 Å². The van der Waals surface area contributed by atoms with Crippen LogP contribution in [0.1, 0.15) is 21.7 Å². The molecule has 1 aromatic carbocycles. The lowest BCUT2D eigenvalue weighted by Gasteiger charge is -2.13. The lowest BCUT2D eigenvalue weighted by Crippen LogP contribution is -2.36. The Morgan fingerprint density at radius 3 is 2.61 bits per heavy atom. The molecule has 0 atom stereocenters. The average molecular weight is 342 g/mol. The summed E-state index contributed by atoms with van der Waals surface area (Å²) in [5.74, 6) is 0.523. The molecular formula is C15H17F3N4S. The smallest absolute Gasteiger partial charge is 0.352 e. The zero-order valence-electron chi connectivity index (χ0n) is 12.7. The number of thiazole rings is 1. The second-order valence-electron chi connectivity index (χ2n) is 4.84. The number of hydrogen-bond donors (Lipinski definition) is 2. The van der Waals surface area contributed by atoms with Crippen molar-refractivity contribution in [2.45, 2.75) is 26.2 Å². The maximum absolute atomic E-state index is 12.7. The third-order valence-electron chi connectivity index (χ3n) is 3.20. The van der Waals surface area contributed by atoms with Gasteiger partial charge in [-0.1, -0.05) is 12.1 Å². The van der Waals surface area contributed by atoms with E-state index in [2.05, 4.69) is 20.6 Å². The van der Waals surface area contributed by atoms with E-state index in [0.29, 0.717) is 18.1 Å². The summed E-state index contributed by atoms with van der Waals surface area (Å²) in [4.78, 5) is 9.31. The number of rotatable bonds is 4. The molecule has 1 aromatic heterocycles. The fourth-order valence-corrected chi connectivity index (χ4v) is 2.64. The second kappa shape index (κ2) is 7.45. The Bertz CT molecular complexity index is 679. The number of aryl methyl sites for hydroxylation is 1. The number of nitrogens with zero attached hydrogens (tertiary/aromatic N) is 2. The van der Waals surface area contributed by atoms with Gasteiger partial charge in [0.05, 0.1) is 23.3 Å².